The highest BCUT2D eigenvalue weighted by atomic mass is 79.9. The summed E-state index contributed by atoms with van der Waals surface area (Å²) in [6, 6.07) is 6.99. The number of carbonyl (C=O) groups is 1. The van der Waals surface area contributed by atoms with E-state index in [4.69, 9.17) is 4.42 Å². The summed E-state index contributed by atoms with van der Waals surface area (Å²) in [6.45, 7) is 2.31. The molecule has 3 rings (SSSR count). The normalized spacial score (nSPS) is 10.5. The van der Waals surface area contributed by atoms with Crippen LogP contribution in [0.25, 0.3) is 22.9 Å². The Kier molecular flexibility index (Phi) is 5.03. The van der Waals surface area contributed by atoms with Gasteiger partial charge in [-0.1, -0.05) is 0 Å². The van der Waals surface area contributed by atoms with E-state index in [0.717, 1.165) is 0 Å². The molecular weight excluding hydrogens is 393 g/mol. The monoisotopic (exact) mass is 405 g/mol. The summed E-state index contributed by atoms with van der Waals surface area (Å²) >= 11 is 3.37. The lowest BCUT2D eigenvalue weighted by atomic mass is 10.2. The predicted molar refractivity (Wildman–Crippen MR) is 93.3 cm³/mol. The largest absolute Gasteiger partial charge is 0.416 e. The Labute approximate surface area is 150 Å². The summed E-state index contributed by atoms with van der Waals surface area (Å²) in [4.78, 5) is 15.7. The van der Waals surface area contributed by atoms with Gasteiger partial charge in [0.15, 0.2) is 0 Å². The van der Waals surface area contributed by atoms with Crippen molar-refractivity contribution in [1.82, 2.24) is 20.5 Å². The number of aromatic nitrogens is 3. The molecule has 2 amide bonds. The van der Waals surface area contributed by atoms with Gasteiger partial charge in [0.1, 0.15) is 11.6 Å². The molecule has 2 N–H and O–H groups in total. The van der Waals surface area contributed by atoms with Crippen LogP contribution in [0.4, 0.5) is 15.0 Å². The van der Waals surface area contributed by atoms with Gasteiger partial charge >= 0.3 is 6.03 Å². The second-order valence-electron chi connectivity index (χ2n) is 4.95. The topological polar surface area (TPSA) is 92.9 Å². The Morgan fingerprint density at radius 2 is 1.96 bits per heavy atom. The lowest BCUT2D eigenvalue weighted by Gasteiger charge is -2.06. The molecular formula is C16H13BrFN5O2. The van der Waals surface area contributed by atoms with Crippen molar-refractivity contribution < 1.29 is 13.6 Å². The fourth-order valence-corrected chi connectivity index (χ4v) is 2.42. The summed E-state index contributed by atoms with van der Waals surface area (Å²) in [7, 11) is 0. The highest BCUT2D eigenvalue weighted by Crippen LogP contribution is 2.30. The van der Waals surface area contributed by atoms with Crippen LogP contribution in [-0.4, -0.2) is 27.8 Å². The molecule has 2 heterocycles. The molecule has 25 heavy (non-hydrogen) atoms. The number of amides is 2. The van der Waals surface area contributed by atoms with Crippen molar-refractivity contribution in [2.45, 2.75) is 6.92 Å². The standard InChI is InChI=1S/C16H13BrFN5O2/c1-2-19-16(24)21-13-7-11(12(17)8-20-13)15-23-22-14(25-15)9-3-5-10(18)6-4-9/h3-8H,2H2,1H3,(H2,19,20,21,24). The van der Waals surface area contributed by atoms with Gasteiger partial charge in [-0.05, 0) is 53.2 Å². The molecule has 128 valence electrons. The third-order valence-corrected chi connectivity index (χ3v) is 3.81. The van der Waals surface area contributed by atoms with Gasteiger partial charge in [-0.2, -0.15) is 0 Å². The molecule has 0 aliphatic carbocycles. The number of nitrogens with one attached hydrogen (secondary N) is 2. The number of anilines is 1. The van der Waals surface area contributed by atoms with Crippen LogP contribution >= 0.6 is 15.9 Å². The van der Waals surface area contributed by atoms with E-state index in [1.54, 1.807) is 18.2 Å². The average molecular weight is 406 g/mol. The van der Waals surface area contributed by atoms with E-state index in [-0.39, 0.29) is 23.6 Å². The van der Waals surface area contributed by atoms with Crippen LogP contribution in [0.2, 0.25) is 0 Å². The lowest BCUT2D eigenvalue weighted by molar-refractivity contribution is 0.252. The molecule has 0 unspecified atom stereocenters. The lowest BCUT2D eigenvalue weighted by Crippen LogP contribution is -2.28. The van der Waals surface area contributed by atoms with E-state index in [1.807, 2.05) is 6.92 Å². The highest BCUT2D eigenvalue weighted by molar-refractivity contribution is 9.10. The third kappa shape index (κ3) is 4.00. The van der Waals surface area contributed by atoms with Gasteiger partial charge in [0, 0.05) is 22.8 Å². The van der Waals surface area contributed by atoms with Crippen LogP contribution in [0, 0.1) is 5.82 Å². The SMILES string of the molecule is CCNC(=O)Nc1cc(-c2nnc(-c3ccc(F)cc3)o2)c(Br)cn1. The fraction of sp³-hybridized carbons (Fsp3) is 0.125. The average Bonchev–Trinajstić information content (AvgIpc) is 3.07. The molecule has 0 fully saturated rings. The number of halogens is 2. The zero-order chi connectivity index (χ0) is 17.8. The Hall–Kier alpha value is -2.81. The summed E-state index contributed by atoms with van der Waals surface area (Å²) in [6.07, 6.45) is 1.53. The maximum absolute atomic E-state index is 13.0. The molecule has 0 saturated heterocycles. The first-order chi connectivity index (χ1) is 12.1. The second-order valence-corrected chi connectivity index (χ2v) is 5.81. The minimum Gasteiger partial charge on any atom is -0.416 e. The van der Waals surface area contributed by atoms with E-state index in [0.29, 0.717) is 28.0 Å². The van der Waals surface area contributed by atoms with Gasteiger partial charge in [-0.25, -0.2) is 14.2 Å². The summed E-state index contributed by atoms with van der Waals surface area (Å²) < 4.78 is 19.3. The first-order valence-corrected chi connectivity index (χ1v) is 8.16. The number of pyridine rings is 1. The molecule has 2 aromatic heterocycles. The van der Waals surface area contributed by atoms with Crippen LogP contribution in [0.3, 0.4) is 0 Å². The molecule has 9 heteroatoms. The van der Waals surface area contributed by atoms with Crippen LogP contribution < -0.4 is 10.6 Å². The minimum absolute atomic E-state index is 0.243. The number of carbonyl (C=O) groups excluding carboxylic acids is 1. The smallest absolute Gasteiger partial charge is 0.320 e. The number of benzene rings is 1. The predicted octanol–water partition coefficient (Wildman–Crippen LogP) is 3.84. The maximum Gasteiger partial charge on any atom is 0.320 e. The molecule has 0 aliphatic rings. The van der Waals surface area contributed by atoms with Gasteiger partial charge < -0.3 is 9.73 Å². The van der Waals surface area contributed by atoms with Gasteiger partial charge in [0.05, 0.1) is 5.56 Å². The van der Waals surface area contributed by atoms with Crippen molar-refractivity contribution in [2.24, 2.45) is 0 Å². The number of nitrogens with zero attached hydrogens (tertiary/aromatic N) is 3. The number of urea groups is 1. The van der Waals surface area contributed by atoms with Crippen molar-refractivity contribution in [3.8, 4) is 22.9 Å². The molecule has 0 bridgehead atoms. The van der Waals surface area contributed by atoms with E-state index in [9.17, 15) is 9.18 Å². The first-order valence-electron chi connectivity index (χ1n) is 7.37. The van der Waals surface area contributed by atoms with Crippen molar-refractivity contribution in [1.29, 1.82) is 0 Å². The van der Waals surface area contributed by atoms with Crippen LogP contribution in [0.5, 0.6) is 0 Å². The van der Waals surface area contributed by atoms with E-state index in [2.05, 4.69) is 41.7 Å². The summed E-state index contributed by atoms with van der Waals surface area (Å²) in [5, 5.41) is 13.2. The molecule has 0 saturated carbocycles. The van der Waals surface area contributed by atoms with Crippen molar-refractivity contribution in [2.75, 3.05) is 11.9 Å². The Bertz CT molecular complexity index is 898. The zero-order valence-corrected chi connectivity index (χ0v) is 14.7. The van der Waals surface area contributed by atoms with E-state index in [1.165, 1.54) is 18.3 Å². The van der Waals surface area contributed by atoms with Gasteiger partial charge in [-0.3, -0.25) is 5.32 Å². The molecule has 7 nitrogen and oxygen atoms in total. The molecule has 1 aromatic carbocycles. The van der Waals surface area contributed by atoms with Crippen molar-refractivity contribution in [3.63, 3.8) is 0 Å². The van der Waals surface area contributed by atoms with Crippen molar-refractivity contribution >= 4 is 27.8 Å². The van der Waals surface area contributed by atoms with Crippen LogP contribution in [0.15, 0.2) is 45.4 Å². The number of rotatable bonds is 4. The fourth-order valence-electron chi connectivity index (χ4n) is 2.03. The van der Waals surface area contributed by atoms with Crippen LogP contribution in [-0.2, 0) is 0 Å². The molecule has 0 aliphatic heterocycles. The van der Waals surface area contributed by atoms with Gasteiger partial charge in [-0.15, -0.1) is 10.2 Å². The first kappa shape index (κ1) is 17.0. The maximum atomic E-state index is 13.0. The molecule has 0 spiro atoms. The molecule has 3 aromatic rings. The quantitative estimate of drug-likeness (QED) is 0.687. The molecule has 0 atom stereocenters. The zero-order valence-electron chi connectivity index (χ0n) is 13.1. The van der Waals surface area contributed by atoms with Gasteiger partial charge in [0.25, 0.3) is 0 Å². The second kappa shape index (κ2) is 7.39. The third-order valence-electron chi connectivity index (χ3n) is 3.18. The summed E-state index contributed by atoms with van der Waals surface area (Å²) in [5.74, 6) is 0.497. The number of hydrogen-bond acceptors (Lipinski definition) is 5. The minimum atomic E-state index is -0.360. The van der Waals surface area contributed by atoms with Crippen LogP contribution in [0.1, 0.15) is 6.92 Å². The molecule has 0 radical (unpaired) electrons. The van der Waals surface area contributed by atoms with E-state index >= 15 is 0 Å². The Balaban J connectivity index is 1.88. The summed E-state index contributed by atoms with van der Waals surface area (Å²) in [5.41, 5.74) is 1.17. The number of hydrogen-bond donors (Lipinski definition) is 2. The highest BCUT2D eigenvalue weighted by Gasteiger charge is 2.15. The van der Waals surface area contributed by atoms with E-state index < -0.39 is 0 Å². The Morgan fingerprint density at radius 1 is 1.24 bits per heavy atom. The van der Waals surface area contributed by atoms with Gasteiger partial charge in [0.2, 0.25) is 11.8 Å². The van der Waals surface area contributed by atoms with Crippen molar-refractivity contribution in [3.05, 3.63) is 46.8 Å². The Morgan fingerprint density at radius 3 is 2.68 bits per heavy atom.